The van der Waals surface area contributed by atoms with Crippen LogP contribution in [0.5, 0.6) is 0 Å². The zero-order chi connectivity index (χ0) is 11.6. The molecule has 2 nitrogen and oxygen atoms in total. The molecule has 0 aliphatic heterocycles. The fourth-order valence-corrected chi connectivity index (χ4v) is 3.34. The third-order valence-electron chi connectivity index (χ3n) is 3.69. The van der Waals surface area contributed by atoms with E-state index in [4.69, 9.17) is 9.47 Å². The van der Waals surface area contributed by atoms with Gasteiger partial charge in [0.15, 0.2) is 0 Å². The van der Waals surface area contributed by atoms with Crippen molar-refractivity contribution >= 4 is 0 Å². The Morgan fingerprint density at radius 1 is 1.31 bits per heavy atom. The van der Waals surface area contributed by atoms with Crippen molar-refractivity contribution in [3.8, 4) is 0 Å². The molecule has 2 aliphatic rings. The first-order valence-corrected chi connectivity index (χ1v) is 6.40. The second kappa shape index (κ2) is 4.89. The molecular formula is C14H24O2. The molecule has 1 fully saturated rings. The van der Waals surface area contributed by atoms with Gasteiger partial charge in [-0.25, -0.2) is 0 Å². The van der Waals surface area contributed by atoms with Gasteiger partial charge in [-0.05, 0) is 37.0 Å². The standard InChI is InChI=1S/C14H24O2/c1-14(2)9-11-6-12(10-14)8-13(7-11)16-5-4-15-3/h9,12-13H,4-8,10H2,1-3H3. The highest BCUT2D eigenvalue weighted by Gasteiger charge is 2.34. The van der Waals surface area contributed by atoms with Gasteiger partial charge in [-0.2, -0.15) is 0 Å². The maximum atomic E-state index is 5.86. The lowest BCUT2D eigenvalue weighted by molar-refractivity contribution is -0.00753. The highest BCUT2D eigenvalue weighted by Crippen LogP contribution is 2.44. The van der Waals surface area contributed by atoms with Gasteiger partial charge in [0.2, 0.25) is 0 Å². The van der Waals surface area contributed by atoms with Gasteiger partial charge >= 0.3 is 0 Å². The van der Waals surface area contributed by atoms with Gasteiger partial charge in [0.1, 0.15) is 0 Å². The van der Waals surface area contributed by atoms with E-state index in [9.17, 15) is 0 Å². The monoisotopic (exact) mass is 224 g/mol. The zero-order valence-electron chi connectivity index (χ0n) is 10.8. The van der Waals surface area contributed by atoms with E-state index >= 15 is 0 Å². The van der Waals surface area contributed by atoms with Crippen molar-refractivity contribution in [3.05, 3.63) is 11.6 Å². The van der Waals surface area contributed by atoms with Crippen LogP contribution in [0.1, 0.15) is 39.5 Å². The van der Waals surface area contributed by atoms with Gasteiger partial charge in [0.25, 0.3) is 0 Å². The summed E-state index contributed by atoms with van der Waals surface area (Å²) in [4.78, 5) is 0. The molecule has 0 aromatic rings. The quantitative estimate of drug-likeness (QED) is 0.539. The molecule has 0 heterocycles. The Bertz CT molecular complexity index is 268. The molecule has 92 valence electrons. The van der Waals surface area contributed by atoms with E-state index in [0.717, 1.165) is 18.9 Å². The summed E-state index contributed by atoms with van der Waals surface area (Å²) in [6.07, 6.45) is 7.94. The Kier molecular flexibility index (Phi) is 3.70. The van der Waals surface area contributed by atoms with Crippen LogP contribution in [-0.4, -0.2) is 26.4 Å². The summed E-state index contributed by atoms with van der Waals surface area (Å²) in [7, 11) is 1.73. The van der Waals surface area contributed by atoms with Crippen LogP contribution in [-0.2, 0) is 9.47 Å². The topological polar surface area (TPSA) is 18.5 Å². The Balaban J connectivity index is 1.89. The number of allylic oxidation sites excluding steroid dienone is 1. The molecule has 2 atom stereocenters. The van der Waals surface area contributed by atoms with Crippen molar-refractivity contribution in [1.29, 1.82) is 0 Å². The largest absolute Gasteiger partial charge is 0.382 e. The lowest BCUT2D eigenvalue weighted by Crippen LogP contribution is -2.32. The number of fused-ring (bicyclic) bond motifs is 2. The molecule has 2 bridgehead atoms. The summed E-state index contributed by atoms with van der Waals surface area (Å²) in [5.74, 6) is 0.844. The average molecular weight is 224 g/mol. The lowest BCUT2D eigenvalue weighted by Gasteiger charge is -2.40. The number of rotatable bonds is 4. The number of ether oxygens (including phenoxy) is 2. The molecule has 1 saturated carbocycles. The first-order chi connectivity index (χ1) is 7.59. The first kappa shape index (κ1) is 12.1. The average Bonchev–Trinajstić information content (AvgIpc) is 2.14. The Morgan fingerprint density at radius 3 is 2.81 bits per heavy atom. The van der Waals surface area contributed by atoms with Crippen molar-refractivity contribution in [3.63, 3.8) is 0 Å². The summed E-state index contributed by atoms with van der Waals surface area (Å²) in [5.41, 5.74) is 2.03. The molecule has 2 aliphatic carbocycles. The fraction of sp³-hybridized carbons (Fsp3) is 0.857. The van der Waals surface area contributed by atoms with Crippen LogP contribution in [0, 0.1) is 11.3 Å². The maximum Gasteiger partial charge on any atom is 0.0704 e. The Hall–Kier alpha value is -0.340. The smallest absolute Gasteiger partial charge is 0.0704 e. The second-order valence-electron chi connectivity index (χ2n) is 5.99. The van der Waals surface area contributed by atoms with E-state index in [0.29, 0.717) is 18.1 Å². The van der Waals surface area contributed by atoms with Crippen molar-refractivity contribution in [2.24, 2.45) is 11.3 Å². The van der Waals surface area contributed by atoms with Crippen LogP contribution >= 0.6 is 0 Å². The molecule has 0 spiro atoms. The van der Waals surface area contributed by atoms with Crippen LogP contribution in [0.25, 0.3) is 0 Å². The van der Waals surface area contributed by atoms with Crippen LogP contribution in [0.4, 0.5) is 0 Å². The van der Waals surface area contributed by atoms with Crippen molar-refractivity contribution < 1.29 is 9.47 Å². The molecule has 2 unspecified atom stereocenters. The van der Waals surface area contributed by atoms with Crippen LogP contribution in [0.15, 0.2) is 11.6 Å². The lowest BCUT2D eigenvalue weighted by atomic mass is 9.68. The van der Waals surface area contributed by atoms with Crippen LogP contribution < -0.4 is 0 Å². The third-order valence-corrected chi connectivity index (χ3v) is 3.69. The van der Waals surface area contributed by atoms with Gasteiger partial charge in [0, 0.05) is 7.11 Å². The van der Waals surface area contributed by atoms with Crippen molar-refractivity contribution in [2.45, 2.75) is 45.6 Å². The highest BCUT2D eigenvalue weighted by molar-refractivity contribution is 5.17. The molecule has 16 heavy (non-hydrogen) atoms. The van der Waals surface area contributed by atoms with E-state index in [1.165, 1.54) is 19.3 Å². The molecular weight excluding hydrogens is 200 g/mol. The molecule has 0 saturated heterocycles. The van der Waals surface area contributed by atoms with E-state index in [2.05, 4.69) is 19.9 Å². The van der Waals surface area contributed by atoms with Gasteiger partial charge < -0.3 is 9.47 Å². The highest BCUT2D eigenvalue weighted by atomic mass is 16.5. The van der Waals surface area contributed by atoms with Crippen LogP contribution in [0.3, 0.4) is 0 Å². The van der Waals surface area contributed by atoms with E-state index < -0.39 is 0 Å². The summed E-state index contributed by atoms with van der Waals surface area (Å²) in [5, 5.41) is 0. The molecule has 2 heteroatoms. The molecule has 0 N–H and O–H groups in total. The minimum absolute atomic E-state index is 0.412. The predicted octanol–water partition coefficient (Wildman–Crippen LogP) is 3.17. The van der Waals surface area contributed by atoms with Crippen molar-refractivity contribution in [2.75, 3.05) is 20.3 Å². The number of hydrogen-bond donors (Lipinski definition) is 0. The summed E-state index contributed by atoms with van der Waals surface area (Å²) >= 11 is 0. The van der Waals surface area contributed by atoms with E-state index in [1.807, 2.05) is 0 Å². The second-order valence-corrected chi connectivity index (χ2v) is 5.99. The molecule has 0 radical (unpaired) electrons. The SMILES string of the molecule is COCCOC1CC2=CC(C)(C)CC(C2)C1. The molecule has 0 aromatic carbocycles. The first-order valence-electron chi connectivity index (χ1n) is 6.40. The summed E-state index contributed by atoms with van der Waals surface area (Å²) in [6, 6.07) is 0. The van der Waals surface area contributed by atoms with Gasteiger partial charge in [-0.1, -0.05) is 25.5 Å². The molecule has 2 rings (SSSR count). The number of hydrogen-bond acceptors (Lipinski definition) is 2. The third kappa shape index (κ3) is 3.08. The summed E-state index contributed by atoms with van der Waals surface area (Å²) in [6.45, 7) is 6.16. The Labute approximate surface area is 99.0 Å². The molecule has 0 amide bonds. The van der Waals surface area contributed by atoms with E-state index in [1.54, 1.807) is 12.7 Å². The molecule has 0 aromatic heterocycles. The maximum absolute atomic E-state index is 5.86. The van der Waals surface area contributed by atoms with Gasteiger partial charge in [-0.15, -0.1) is 0 Å². The minimum Gasteiger partial charge on any atom is -0.382 e. The van der Waals surface area contributed by atoms with Crippen LogP contribution in [0.2, 0.25) is 0 Å². The minimum atomic E-state index is 0.412. The zero-order valence-corrected chi connectivity index (χ0v) is 10.8. The fourth-order valence-electron chi connectivity index (χ4n) is 3.34. The Morgan fingerprint density at radius 2 is 2.12 bits per heavy atom. The van der Waals surface area contributed by atoms with Crippen molar-refractivity contribution in [1.82, 2.24) is 0 Å². The predicted molar refractivity (Wildman–Crippen MR) is 65.4 cm³/mol. The van der Waals surface area contributed by atoms with Gasteiger partial charge in [0.05, 0.1) is 19.3 Å². The van der Waals surface area contributed by atoms with E-state index in [-0.39, 0.29) is 0 Å². The normalized spacial score (nSPS) is 32.3. The summed E-state index contributed by atoms with van der Waals surface area (Å²) < 4.78 is 10.9. The van der Waals surface area contributed by atoms with Gasteiger partial charge in [-0.3, -0.25) is 0 Å². The number of methoxy groups -OCH3 is 1.